The smallest absolute Gasteiger partial charge is 0.303 e. The van der Waals surface area contributed by atoms with Gasteiger partial charge in [-0.25, -0.2) is 4.68 Å². The first-order valence-corrected chi connectivity index (χ1v) is 9.09. The van der Waals surface area contributed by atoms with Crippen LogP contribution in [0.1, 0.15) is 47.4 Å². The van der Waals surface area contributed by atoms with E-state index < -0.39 is 5.97 Å². The predicted octanol–water partition coefficient (Wildman–Crippen LogP) is 3.21. The molecule has 1 fully saturated rings. The van der Waals surface area contributed by atoms with Crippen LogP contribution in [0.3, 0.4) is 0 Å². The van der Waals surface area contributed by atoms with Crippen molar-refractivity contribution in [3.63, 3.8) is 0 Å². The summed E-state index contributed by atoms with van der Waals surface area (Å²) < 4.78 is 1.79. The lowest BCUT2D eigenvalue weighted by Crippen LogP contribution is -2.40. The molecule has 1 amide bonds. The maximum atomic E-state index is 12.9. The number of aromatic nitrogens is 2. The summed E-state index contributed by atoms with van der Waals surface area (Å²) in [5, 5.41) is 13.4. The molecule has 0 spiro atoms. The zero-order valence-electron chi connectivity index (χ0n) is 15.3. The van der Waals surface area contributed by atoms with E-state index in [1.807, 2.05) is 49.1 Å². The van der Waals surface area contributed by atoms with Crippen LogP contribution in [0.25, 0.3) is 5.69 Å². The molecule has 26 heavy (non-hydrogen) atoms. The summed E-state index contributed by atoms with van der Waals surface area (Å²) in [4.78, 5) is 25.5. The zero-order chi connectivity index (χ0) is 18.7. The first kappa shape index (κ1) is 18.2. The highest BCUT2D eigenvalue weighted by Gasteiger charge is 2.26. The monoisotopic (exact) mass is 355 g/mol. The van der Waals surface area contributed by atoms with Crippen LogP contribution < -0.4 is 0 Å². The number of carboxylic acid groups (broad SMARTS) is 1. The molecule has 0 aliphatic carbocycles. The van der Waals surface area contributed by atoms with E-state index in [-0.39, 0.29) is 18.2 Å². The van der Waals surface area contributed by atoms with Gasteiger partial charge in [0, 0.05) is 25.2 Å². The van der Waals surface area contributed by atoms with Crippen LogP contribution in [0, 0.1) is 19.8 Å². The summed E-state index contributed by atoms with van der Waals surface area (Å²) in [5.41, 5.74) is 3.47. The number of piperidine rings is 1. The molecule has 1 aromatic carbocycles. The van der Waals surface area contributed by atoms with Crippen molar-refractivity contribution >= 4 is 11.9 Å². The van der Waals surface area contributed by atoms with Gasteiger partial charge < -0.3 is 10.0 Å². The second-order valence-corrected chi connectivity index (χ2v) is 7.11. The van der Waals surface area contributed by atoms with Crippen molar-refractivity contribution in [2.24, 2.45) is 5.92 Å². The van der Waals surface area contributed by atoms with Crippen LogP contribution in [0.2, 0.25) is 0 Å². The van der Waals surface area contributed by atoms with Crippen molar-refractivity contribution in [2.45, 2.75) is 39.5 Å². The molecule has 0 bridgehead atoms. The molecular weight excluding hydrogens is 330 g/mol. The Balaban J connectivity index is 1.72. The average molecular weight is 355 g/mol. The summed E-state index contributed by atoms with van der Waals surface area (Å²) in [6.07, 6.45) is 2.67. The number of carbonyl (C=O) groups excluding carboxylic acids is 1. The first-order valence-electron chi connectivity index (χ1n) is 9.09. The van der Waals surface area contributed by atoms with Crippen molar-refractivity contribution in [1.29, 1.82) is 0 Å². The van der Waals surface area contributed by atoms with Gasteiger partial charge in [-0.3, -0.25) is 9.59 Å². The molecule has 1 unspecified atom stereocenters. The van der Waals surface area contributed by atoms with Gasteiger partial charge in [0.2, 0.25) is 0 Å². The zero-order valence-corrected chi connectivity index (χ0v) is 15.3. The molecule has 1 aliphatic rings. The Bertz CT molecular complexity index is 795. The predicted molar refractivity (Wildman–Crippen MR) is 98.5 cm³/mol. The third-order valence-electron chi connectivity index (χ3n) is 4.96. The van der Waals surface area contributed by atoms with Crippen molar-refractivity contribution in [3.05, 3.63) is 47.3 Å². The van der Waals surface area contributed by atoms with Gasteiger partial charge >= 0.3 is 5.97 Å². The lowest BCUT2D eigenvalue weighted by Gasteiger charge is -2.32. The third-order valence-corrected chi connectivity index (χ3v) is 4.96. The second kappa shape index (κ2) is 7.72. The third kappa shape index (κ3) is 4.12. The molecule has 138 valence electrons. The van der Waals surface area contributed by atoms with Gasteiger partial charge in [0.05, 0.1) is 5.69 Å². The fourth-order valence-electron chi connectivity index (χ4n) is 3.50. The number of rotatable bonds is 5. The molecule has 1 atom stereocenters. The Kier molecular flexibility index (Phi) is 5.40. The highest BCUT2D eigenvalue weighted by atomic mass is 16.4. The van der Waals surface area contributed by atoms with Gasteiger partial charge in [-0.1, -0.05) is 17.7 Å². The Morgan fingerprint density at radius 3 is 2.65 bits per heavy atom. The molecule has 2 aromatic rings. The van der Waals surface area contributed by atoms with E-state index in [1.165, 1.54) is 5.56 Å². The summed E-state index contributed by atoms with van der Waals surface area (Å²) in [6, 6.07) is 9.85. The summed E-state index contributed by atoms with van der Waals surface area (Å²) >= 11 is 0. The Morgan fingerprint density at radius 1 is 1.23 bits per heavy atom. The molecule has 0 saturated carbocycles. The lowest BCUT2D eigenvalue weighted by molar-refractivity contribution is -0.137. The molecule has 6 nitrogen and oxygen atoms in total. The van der Waals surface area contributed by atoms with Gasteiger partial charge in [0.1, 0.15) is 0 Å². The maximum absolute atomic E-state index is 12.9. The first-order chi connectivity index (χ1) is 12.4. The largest absolute Gasteiger partial charge is 0.481 e. The van der Waals surface area contributed by atoms with E-state index in [4.69, 9.17) is 5.11 Å². The molecule has 0 radical (unpaired) electrons. The standard InChI is InChI=1S/C20H25N3O3/c1-14-5-8-17(9-6-14)23-15(2)12-18(21-23)20(26)22-11-3-4-16(13-22)7-10-19(24)25/h5-6,8-9,12,16H,3-4,7,10-11,13H2,1-2H3,(H,24,25). The average Bonchev–Trinajstić information content (AvgIpc) is 3.02. The summed E-state index contributed by atoms with van der Waals surface area (Å²) in [6.45, 7) is 5.29. The number of carbonyl (C=O) groups is 2. The SMILES string of the molecule is Cc1ccc(-n2nc(C(=O)N3CCCC(CCC(=O)O)C3)cc2C)cc1. The highest BCUT2D eigenvalue weighted by Crippen LogP contribution is 2.23. The molecule has 3 rings (SSSR count). The molecule has 1 aromatic heterocycles. The number of benzene rings is 1. The fraction of sp³-hybridized carbons (Fsp3) is 0.450. The summed E-state index contributed by atoms with van der Waals surface area (Å²) in [5.74, 6) is -0.594. The van der Waals surface area contributed by atoms with Gasteiger partial charge in [0.15, 0.2) is 5.69 Å². The molecule has 1 aliphatic heterocycles. The van der Waals surface area contributed by atoms with Crippen LogP contribution in [-0.2, 0) is 4.79 Å². The number of aryl methyl sites for hydroxylation is 2. The number of nitrogens with zero attached hydrogens (tertiary/aromatic N) is 3. The van der Waals surface area contributed by atoms with Crippen molar-refractivity contribution in [3.8, 4) is 5.69 Å². The minimum Gasteiger partial charge on any atom is -0.481 e. The van der Waals surface area contributed by atoms with Crippen molar-refractivity contribution < 1.29 is 14.7 Å². The van der Waals surface area contributed by atoms with E-state index >= 15 is 0 Å². The topological polar surface area (TPSA) is 75.4 Å². The minimum atomic E-state index is -0.777. The van der Waals surface area contributed by atoms with Crippen LogP contribution in [0.5, 0.6) is 0 Å². The Morgan fingerprint density at radius 2 is 1.96 bits per heavy atom. The van der Waals surface area contributed by atoms with Crippen LogP contribution in [0.15, 0.2) is 30.3 Å². The highest BCUT2D eigenvalue weighted by molar-refractivity contribution is 5.92. The summed E-state index contributed by atoms with van der Waals surface area (Å²) in [7, 11) is 0. The quantitative estimate of drug-likeness (QED) is 0.894. The van der Waals surface area contributed by atoms with Gasteiger partial charge in [-0.2, -0.15) is 5.10 Å². The van der Waals surface area contributed by atoms with Gasteiger partial charge in [-0.15, -0.1) is 0 Å². The fourth-order valence-corrected chi connectivity index (χ4v) is 3.50. The van der Waals surface area contributed by atoms with Gasteiger partial charge in [-0.05, 0) is 57.2 Å². The molecule has 1 saturated heterocycles. The van der Waals surface area contributed by atoms with Crippen LogP contribution >= 0.6 is 0 Å². The minimum absolute atomic E-state index is 0.0704. The second-order valence-electron chi connectivity index (χ2n) is 7.11. The number of hydrogen-bond donors (Lipinski definition) is 1. The maximum Gasteiger partial charge on any atom is 0.303 e. The normalized spacial score (nSPS) is 17.3. The Labute approximate surface area is 153 Å². The molecule has 6 heteroatoms. The van der Waals surface area contributed by atoms with E-state index in [2.05, 4.69) is 5.10 Å². The number of carboxylic acids is 1. The molecule has 2 heterocycles. The van der Waals surface area contributed by atoms with Crippen LogP contribution in [-0.4, -0.2) is 44.8 Å². The number of amides is 1. The molecular formula is C20H25N3O3. The Hall–Kier alpha value is -2.63. The van der Waals surface area contributed by atoms with E-state index in [1.54, 1.807) is 4.68 Å². The number of aliphatic carboxylic acids is 1. The van der Waals surface area contributed by atoms with Crippen LogP contribution in [0.4, 0.5) is 0 Å². The molecule has 1 N–H and O–H groups in total. The number of hydrogen-bond acceptors (Lipinski definition) is 3. The van der Waals surface area contributed by atoms with Crippen molar-refractivity contribution in [2.75, 3.05) is 13.1 Å². The van der Waals surface area contributed by atoms with E-state index in [0.29, 0.717) is 25.2 Å². The lowest BCUT2D eigenvalue weighted by atomic mass is 9.93. The van der Waals surface area contributed by atoms with E-state index in [0.717, 1.165) is 24.2 Å². The van der Waals surface area contributed by atoms with Crippen molar-refractivity contribution in [1.82, 2.24) is 14.7 Å². The van der Waals surface area contributed by atoms with E-state index in [9.17, 15) is 9.59 Å². The number of likely N-dealkylation sites (tertiary alicyclic amines) is 1. The van der Waals surface area contributed by atoms with Gasteiger partial charge in [0.25, 0.3) is 5.91 Å².